The molecule has 20 rings (SSSR count). The van der Waals surface area contributed by atoms with E-state index < -0.39 is 0 Å². The van der Waals surface area contributed by atoms with Gasteiger partial charge in [-0.3, -0.25) is 0 Å². The zero-order valence-electron chi connectivity index (χ0n) is 56.6. The van der Waals surface area contributed by atoms with Crippen molar-refractivity contribution >= 4 is 87.2 Å². The predicted molar refractivity (Wildman–Crippen MR) is 432 cm³/mol. The summed E-state index contributed by atoms with van der Waals surface area (Å²) in [4.78, 5) is 0. The van der Waals surface area contributed by atoms with Crippen molar-refractivity contribution in [2.24, 2.45) is 0 Å². The molecule has 0 saturated heterocycles. The Morgan fingerprint density at radius 1 is 0.137 bits per heavy atom. The summed E-state index contributed by atoms with van der Waals surface area (Å²) in [5.74, 6) is 0. The highest BCUT2D eigenvalue weighted by Crippen LogP contribution is 2.42. The van der Waals surface area contributed by atoms with E-state index in [-0.39, 0.29) is 0 Å². The molecule has 0 spiro atoms. The van der Waals surface area contributed by atoms with Gasteiger partial charge in [-0.05, 0) is 220 Å². The number of aromatic nitrogens is 4. The van der Waals surface area contributed by atoms with E-state index in [2.05, 4.69) is 408 Å². The van der Waals surface area contributed by atoms with Crippen molar-refractivity contribution in [3.63, 3.8) is 0 Å². The molecular formula is C98H68N4. The lowest BCUT2D eigenvalue weighted by atomic mass is 9.99. The van der Waals surface area contributed by atoms with Crippen molar-refractivity contribution in [1.82, 2.24) is 18.3 Å². The molecule has 0 aliphatic rings. The second-order valence-electron chi connectivity index (χ2n) is 27.0. The second-order valence-corrected chi connectivity index (χ2v) is 27.0. The first kappa shape index (κ1) is 59.9. The molecule has 20 aromatic rings. The molecule has 16 aromatic carbocycles. The highest BCUT2D eigenvalue weighted by molar-refractivity contribution is 6.15. The third-order valence-corrected chi connectivity index (χ3v) is 20.8. The Bertz CT molecular complexity index is 6590. The molecule has 0 aliphatic carbocycles. The van der Waals surface area contributed by atoms with Gasteiger partial charge in [-0.25, -0.2) is 0 Å². The Balaban J connectivity index is 0.000000141. The highest BCUT2D eigenvalue weighted by atomic mass is 15.0. The van der Waals surface area contributed by atoms with Crippen LogP contribution in [0.1, 0.15) is 11.1 Å². The molecule has 0 radical (unpaired) electrons. The zero-order valence-corrected chi connectivity index (χ0v) is 56.6. The van der Waals surface area contributed by atoms with Crippen LogP contribution in [0.2, 0.25) is 0 Å². The van der Waals surface area contributed by atoms with Crippen LogP contribution in [0.3, 0.4) is 0 Å². The van der Waals surface area contributed by atoms with E-state index in [1.165, 1.54) is 176 Å². The van der Waals surface area contributed by atoms with E-state index in [4.69, 9.17) is 0 Å². The van der Waals surface area contributed by atoms with Gasteiger partial charge < -0.3 is 18.3 Å². The largest absolute Gasteiger partial charge is 0.309 e. The minimum absolute atomic E-state index is 1.15. The fourth-order valence-electron chi connectivity index (χ4n) is 15.8. The van der Waals surface area contributed by atoms with Gasteiger partial charge in [0.25, 0.3) is 0 Å². The summed E-state index contributed by atoms with van der Waals surface area (Å²) in [5, 5.41) is 10.1. The fourth-order valence-corrected chi connectivity index (χ4v) is 15.8. The molecule has 0 saturated carbocycles. The summed E-state index contributed by atoms with van der Waals surface area (Å²) in [6.45, 7) is 4.32. The van der Waals surface area contributed by atoms with Crippen molar-refractivity contribution < 1.29 is 0 Å². The van der Waals surface area contributed by atoms with Gasteiger partial charge in [0.15, 0.2) is 0 Å². The average Bonchev–Trinajstić information content (AvgIpc) is 1.60. The Kier molecular flexibility index (Phi) is 14.6. The molecule has 4 aromatic heterocycles. The highest BCUT2D eigenvalue weighted by Gasteiger charge is 2.20. The van der Waals surface area contributed by atoms with Crippen molar-refractivity contribution in [3.05, 3.63) is 387 Å². The molecule has 4 heterocycles. The summed E-state index contributed by atoms with van der Waals surface area (Å²) in [6.07, 6.45) is 0. The Morgan fingerprint density at radius 2 is 0.363 bits per heavy atom. The topological polar surface area (TPSA) is 19.7 Å². The maximum absolute atomic E-state index is 2.41. The second kappa shape index (κ2) is 24.9. The van der Waals surface area contributed by atoms with E-state index in [0.29, 0.717) is 0 Å². The SMILES string of the molecule is Cc1ccc(-n2c3ccccc3c3cc(-c4ccc5c(c4)c4ccccc4n5-c4ccc(-c5cccc(-c6ccccc6)c5)cc4)ccc32)cc1.Cc1ccc2c(c1)c1cc(-c3ccc4c(c3)c3ccccc3n4-c3ccccc3)ccc1n2-c1ccc(-c2cccc(-c3ccccc3)c2)cc1. The molecule has 0 bridgehead atoms. The number of hydrogen-bond acceptors (Lipinski definition) is 0. The molecule has 480 valence electrons. The van der Waals surface area contributed by atoms with Gasteiger partial charge >= 0.3 is 0 Å². The standard InChI is InChI=1S/2C49H34N2/c1-33-19-26-47-43(29-33)45-32-39(38-22-27-48-44(31-38)42-17-8-9-18-46(42)50(48)40-15-6-3-7-16-40)23-28-49(45)51(47)41-24-20-35(21-25-41)37-14-10-13-36(30-37)34-11-4-2-5-12-34;1-33-18-24-40(25-19-33)50-46-16-7-5-14-42(46)44-31-38(22-28-48(44)50)39-23-29-49-45(32-39)43-15-6-8-17-47(43)51(49)41-26-20-35(21-27-41)37-13-9-12-36(30-37)34-10-3-2-4-11-34/h2*2-32H,1H3. The van der Waals surface area contributed by atoms with E-state index in [1.807, 2.05) is 0 Å². The molecular weight excluding hydrogens is 1230 g/mol. The van der Waals surface area contributed by atoms with E-state index in [1.54, 1.807) is 0 Å². The van der Waals surface area contributed by atoms with Gasteiger partial charge in [0.2, 0.25) is 0 Å². The summed E-state index contributed by atoms with van der Waals surface area (Å²) >= 11 is 0. The molecule has 0 fully saturated rings. The molecule has 0 atom stereocenters. The van der Waals surface area contributed by atoms with Crippen molar-refractivity contribution in [2.45, 2.75) is 13.8 Å². The van der Waals surface area contributed by atoms with Crippen LogP contribution in [-0.4, -0.2) is 18.3 Å². The predicted octanol–water partition coefficient (Wildman–Crippen LogP) is 26.4. The first-order valence-electron chi connectivity index (χ1n) is 35.2. The smallest absolute Gasteiger partial charge is 0.0541 e. The number of nitrogens with zero attached hydrogens (tertiary/aromatic N) is 4. The van der Waals surface area contributed by atoms with Gasteiger partial charge in [0, 0.05) is 65.8 Å². The van der Waals surface area contributed by atoms with Crippen LogP contribution < -0.4 is 0 Å². The fraction of sp³-hybridized carbons (Fsp3) is 0.0204. The molecule has 0 amide bonds. The van der Waals surface area contributed by atoms with Crippen LogP contribution in [0.25, 0.3) is 177 Å². The van der Waals surface area contributed by atoms with Crippen LogP contribution in [0.4, 0.5) is 0 Å². The van der Waals surface area contributed by atoms with Crippen LogP contribution in [0.15, 0.2) is 376 Å². The number of para-hydroxylation sites is 4. The molecule has 4 heteroatoms. The van der Waals surface area contributed by atoms with Crippen molar-refractivity contribution in [1.29, 1.82) is 0 Å². The number of fused-ring (bicyclic) bond motifs is 12. The third-order valence-electron chi connectivity index (χ3n) is 20.8. The summed E-state index contributed by atoms with van der Waals surface area (Å²) in [5.41, 5.74) is 31.6. The summed E-state index contributed by atoms with van der Waals surface area (Å²) in [7, 11) is 0. The van der Waals surface area contributed by atoms with Crippen molar-refractivity contribution in [3.8, 4) is 89.5 Å². The lowest BCUT2D eigenvalue weighted by Crippen LogP contribution is -1.94. The van der Waals surface area contributed by atoms with Crippen LogP contribution in [0, 0.1) is 13.8 Å². The Hall–Kier alpha value is -13.3. The van der Waals surface area contributed by atoms with Gasteiger partial charge in [-0.1, -0.05) is 248 Å². The molecule has 102 heavy (non-hydrogen) atoms. The average molecular weight is 1300 g/mol. The molecule has 0 aliphatic heterocycles. The number of benzene rings is 16. The molecule has 0 unspecified atom stereocenters. The monoisotopic (exact) mass is 1300 g/mol. The number of aryl methyl sites for hydroxylation is 2. The first-order valence-corrected chi connectivity index (χ1v) is 35.2. The minimum atomic E-state index is 1.15. The first-order chi connectivity index (χ1) is 50.4. The van der Waals surface area contributed by atoms with Gasteiger partial charge in [0.1, 0.15) is 0 Å². The van der Waals surface area contributed by atoms with Crippen molar-refractivity contribution in [2.75, 3.05) is 0 Å². The van der Waals surface area contributed by atoms with E-state index >= 15 is 0 Å². The van der Waals surface area contributed by atoms with E-state index in [9.17, 15) is 0 Å². The third kappa shape index (κ3) is 10.5. The Morgan fingerprint density at radius 3 is 0.725 bits per heavy atom. The Labute approximate surface area is 592 Å². The van der Waals surface area contributed by atoms with E-state index in [0.717, 1.165) is 11.4 Å². The lowest BCUT2D eigenvalue weighted by molar-refractivity contribution is 1.17. The summed E-state index contributed by atoms with van der Waals surface area (Å²) < 4.78 is 9.57. The molecule has 0 N–H and O–H groups in total. The van der Waals surface area contributed by atoms with Crippen LogP contribution in [-0.2, 0) is 0 Å². The van der Waals surface area contributed by atoms with Crippen LogP contribution in [0.5, 0.6) is 0 Å². The number of hydrogen-bond donors (Lipinski definition) is 0. The van der Waals surface area contributed by atoms with Gasteiger partial charge in [0.05, 0.1) is 44.1 Å². The number of rotatable bonds is 10. The maximum Gasteiger partial charge on any atom is 0.0541 e. The zero-order chi connectivity index (χ0) is 67.8. The van der Waals surface area contributed by atoms with Gasteiger partial charge in [-0.2, -0.15) is 0 Å². The quantitative estimate of drug-likeness (QED) is 0.130. The van der Waals surface area contributed by atoms with Crippen LogP contribution >= 0.6 is 0 Å². The summed E-state index contributed by atoms with van der Waals surface area (Å²) in [6, 6.07) is 137. The molecule has 4 nitrogen and oxygen atoms in total. The lowest BCUT2D eigenvalue weighted by Gasteiger charge is -2.11. The minimum Gasteiger partial charge on any atom is -0.309 e. The normalized spacial score (nSPS) is 11.6. The maximum atomic E-state index is 2.41. The van der Waals surface area contributed by atoms with Gasteiger partial charge in [-0.15, -0.1) is 0 Å².